The van der Waals surface area contributed by atoms with Gasteiger partial charge in [0.25, 0.3) is 0 Å². The van der Waals surface area contributed by atoms with Crippen LogP contribution in [0, 0.1) is 0 Å². The van der Waals surface area contributed by atoms with Crippen LogP contribution in [-0.2, 0) is 11.3 Å². The number of nitrogens with one attached hydrogen (secondary N) is 1. The van der Waals surface area contributed by atoms with Gasteiger partial charge in [-0.05, 0) is 60.2 Å². The zero-order valence-electron chi connectivity index (χ0n) is 18.4. The number of esters is 1. The number of hydrogen-bond donors (Lipinski definition) is 1. The highest BCUT2D eigenvalue weighted by atomic mass is 32.1. The van der Waals surface area contributed by atoms with E-state index in [1.807, 2.05) is 60.8 Å². The second-order valence-corrected chi connectivity index (χ2v) is 8.27. The first-order valence-corrected chi connectivity index (χ1v) is 11.2. The summed E-state index contributed by atoms with van der Waals surface area (Å²) in [5.74, 6) is 1.09. The number of hydrogen-bond acceptors (Lipinski definition) is 6. The molecule has 0 unspecified atom stereocenters. The molecule has 0 amide bonds. The first-order chi connectivity index (χ1) is 16.6. The summed E-state index contributed by atoms with van der Waals surface area (Å²) in [5, 5.41) is 4.06. The number of nitrogens with zero attached hydrogens (tertiary/aromatic N) is 3. The fraction of sp³-hybridized carbons (Fsp3) is 0.154. The van der Waals surface area contributed by atoms with E-state index in [-0.39, 0.29) is 18.1 Å². The lowest BCUT2D eigenvalue weighted by atomic mass is 10.0. The topological polar surface area (TPSA) is 80.5 Å². The van der Waals surface area contributed by atoms with E-state index in [2.05, 4.69) is 20.2 Å². The van der Waals surface area contributed by atoms with Crippen LogP contribution in [0.1, 0.15) is 39.5 Å². The number of thiocarbonyl (C=S) groups is 1. The number of carbonyl (C=O) groups is 1. The molecule has 7 nitrogen and oxygen atoms in total. The molecule has 1 aliphatic rings. The van der Waals surface area contributed by atoms with Crippen molar-refractivity contribution in [2.45, 2.75) is 18.6 Å². The molecule has 34 heavy (non-hydrogen) atoms. The SMILES string of the molecule is COC(=O)c1ccc(-c2ccc([C@H]3[C@@H](c4ccccn4)NC(=S)N3Cc3cccnc3)o2)cc1. The van der Waals surface area contributed by atoms with E-state index in [0.717, 1.165) is 22.6 Å². The van der Waals surface area contributed by atoms with Gasteiger partial charge in [-0.2, -0.15) is 0 Å². The summed E-state index contributed by atoms with van der Waals surface area (Å²) in [5.41, 5.74) is 3.27. The Bertz CT molecular complexity index is 1290. The molecular formula is C26H22N4O3S. The van der Waals surface area contributed by atoms with Gasteiger partial charge < -0.3 is 19.4 Å². The number of benzene rings is 1. The van der Waals surface area contributed by atoms with Crippen molar-refractivity contribution in [2.24, 2.45) is 0 Å². The third kappa shape index (κ3) is 4.27. The summed E-state index contributed by atoms with van der Waals surface area (Å²) < 4.78 is 11.1. The van der Waals surface area contributed by atoms with Gasteiger partial charge in [-0.25, -0.2) is 4.79 Å². The van der Waals surface area contributed by atoms with Crippen LogP contribution in [0.15, 0.2) is 89.7 Å². The third-order valence-electron chi connectivity index (χ3n) is 5.78. The lowest BCUT2D eigenvalue weighted by Crippen LogP contribution is -2.29. The number of carbonyl (C=O) groups excluding carboxylic acids is 1. The van der Waals surface area contributed by atoms with Crippen LogP contribution in [-0.4, -0.2) is 33.1 Å². The summed E-state index contributed by atoms with van der Waals surface area (Å²) in [6, 6.07) is 20.4. The third-order valence-corrected chi connectivity index (χ3v) is 6.13. The Labute approximate surface area is 202 Å². The summed E-state index contributed by atoms with van der Waals surface area (Å²) in [4.78, 5) is 22.7. The number of aromatic nitrogens is 2. The Morgan fingerprint density at radius 3 is 2.65 bits per heavy atom. The van der Waals surface area contributed by atoms with Crippen molar-refractivity contribution < 1.29 is 13.9 Å². The van der Waals surface area contributed by atoms with Gasteiger partial charge in [0.15, 0.2) is 5.11 Å². The molecule has 8 heteroatoms. The van der Waals surface area contributed by atoms with Crippen molar-refractivity contribution in [1.82, 2.24) is 20.2 Å². The number of pyridine rings is 2. The first kappa shape index (κ1) is 21.8. The largest absolute Gasteiger partial charge is 0.465 e. The maximum absolute atomic E-state index is 11.7. The summed E-state index contributed by atoms with van der Waals surface area (Å²) in [6.45, 7) is 0.581. The van der Waals surface area contributed by atoms with E-state index in [1.54, 1.807) is 24.5 Å². The van der Waals surface area contributed by atoms with Gasteiger partial charge in [-0.15, -0.1) is 0 Å². The minimum absolute atomic E-state index is 0.175. The number of rotatable bonds is 6. The Morgan fingerprint density at radius 2 is 1.94 bits per heavy atom. The lowest BCUT2D eigenvalue weighted by molar-refractivity contribution is 0.0600. The van der Waals surface area contributed by atoms with Gasteiger partial charge in [-0.3, -0.25) is 9.97 Å². The molecule has 0 saturated carbocycles. The monoisotopic (exact) mass is 470 g/mol. The number of methoxy groups -OCH3 is 1. The highest BCUT2D eigenvalue weighted by Gasteiger charge is 2.41. The molecule has 0 spiro atoms. The molecule has 4 aromatic rings. The van der Waals surface area contributed by atoms with Crippen molar-refractivity contribution in [3.63, 3.8) is 0 Å². The van der Waals surface area contributed by atoms with E-state index in [4.69, 9.17) is 21.4 Å². The van der Waals surface area contributed by atoms with Crippen molar-refractivity contribution in [1.29, 1.82) is 0 Å². The molecule has 1 aromatic carbocycles. The summed E-state index contributed by atoms with van der Waals surface area (Å²) >= 11 is 5.73. The molecule has 2 atom stereocenters. The first-order valence-electron chi connectivity index (χ1n) is 10.8. The zero-order chi connectivity index (χ0) is 23.5. The smallest absolute Gasteiger partial charge is 0.337 e. The standard InChI is InChI=1S/C26H22N4O3S/c1-32-25(31)19-9-7-18(8-10-19)21-11-12-22(33-21)24-23(20-6-2-3-14-28-20)29-26(34)30(24)16-17-5-4-13-27-15-17/h2-15,23-24H,16H2,1H3,(H,29,34)/t23-,24+/m1/s1. The van der Waals surface area contributed by atoms with Crippen molar-refractivity contribution in [3.05, 3.63) is 108 Å². The molecule has 170 valence electrons. The second kappa shape index (κ2) is 9.44. The Kier molecular flexibility index (Phi) is 6.05. The van der Waals surface area contributed by atoms with E-state index >= 15 is 0 Å². The van der Waals surface area contributed by atoms with Gasteiger partial charge in [-0.1, -0.05) is 24.3 Å². The molecule has 0 aliphatic carbocycles. The van der Waals surface area contributed by atoms with Crippen LogP contribution in [0.3, 0.4) is 0 Å². The minimum atomic E-state index is -0.374. The Hall–Kier alpha value is -4.04. The minimum Gasteiger partial charge on any atom is -0.465 e. The summed E-state index contributed by atoms with van der Waals surface area (Å²) in [6.07, 6.45) is 5.37. The van der Waals surface area contributed by atoms with Crippen LogP contribution < -0.4 is 5.32 Å². The normalized spacial score (nSPS) is 17.4. The molecule has 0 bridgehead atoms. The number of ether oxygens (including phenoxy) is 1. The van der Waals surface area contributed by atoms with E-state index in [1.165, 1.54) is 7.11 Å². The predicted octanol–water partition coefficient (Wildman–Crippen LogP) is 4.70. The molecule has 3 aromatic heterocycles. The van der Waals surface area contributed by atoms with Crippen LogP contribution >= 0.6 is 12.2 Å². The van der Waals surface area contributed by atoms with Gasteiger partial charge in [0.1, 0.15) is 17.6 Å². The molecule has 1 saturated heterocycles. The van der Waals surface area contributed by atoms with Gasteiger partial charge in [0.05, 0.1) is 24.4 Å². The van der Waals surface area contributed by atoms with E-state index in [9.17, 15) is 4.79 Å². The van der Waals surface area contributed by atoms with Crippen LogP contribution in [0.4, 0.5) is 0 Å². The molecule has 0 radical (unpaired) electrons. The van der Waals surface area contributed by atoms with Crippen molar-refractivity contribution in [2.75, 3.05) is 7.11 Å². The predicted molar refractivity (Wildman–Crippen MR) is 131 cm³/mol. The quantitative estimate of drug-likeness (QED) is 0.321. The fourth-order valence-corrected chi connectivity index (χ4v) is 4.43. The average molecular weight is 471 g/mol. The maximum Gasteiger partial charge on any atom is 0.337 e. The molecule has 4 heterocycles. The maximum atomic E-state index is 11.7. The lowest BCUT2D eigenvalue weighted by Gasteiger charge is -2.26. The van der Waals surface area contributed by atoms with Crippen LogP contribution in [0.25, 0.3) is 11.3 Å². The van der Waals surface area contributed by atoms with Crippen molar-refractivity contribution in [3.8, 4) is 11.3 Å². The highest BCUT2D eigenvalue weighted by molar-refractivity contribution is 7.80. The molecular weight excluding hydrogens is 448 g/mol. The van der Waals surface area contributed by atoms with Crippen LogP contribution in [0.2, 0.25) is 0 Å². The van der Waals surface area contributed by atoms with Gasteiger partial charge in [0.2, 0.25) is 0 Å². The Morgan fingerprint density at radius 1 is 1.09 bits per heavy atom. The van der Waals surface area contributed by atoms with E-state index < -0.39 is 0 Å². The second-order valence-electron chi connectivity index (χ2n) is 7.89. The molecule has 1 N–H and O–H groups in total. The molecule has 5 rings (SSSR count). The summed E-state index contributed by atoms with van der Waals surface area (Å²) in [7, 11) is 1.37. The highest BCUT2D eigenvalue weighted by Crippen LogP contribution is 2.41. The molecule has 1 fully saturated rings. The Balaban J connectivity index is 1.49. The zero-order valence-corrected chi connectivity index (χ0v) is 19.2. The van der Waals surface area contributed by atoms with Gasteiger partial charge >= 0.3 is 5.97 Å². The number of furan rings is 1. The fourth-order valence-electron chi connectivity index (χ4n) is 4.13. The molecule has 1 aliphatic heterocycles. The van der Waals surface area contributed by atoms with Crippen LogP contribution in [0.5, 0.6) is 0 Å². The van der Waals surface area contributed by atoms with E-state index in [0.29, 0.717) is 23.0 Å². The average Bonchev–Trinajstić information content (AvgIpc) is 3.50. The van der Waals surface area contributed by atoms with Crippen molar-refractivity contribution >= 4 is 23.3 Å². The van der Waals surface area contributed by atoms with Gasteiger partial charge in [0, 0.05) is 30.7 Å².